The minimum absolute atomic E-state index is 0.0219. The zero-order valence-corrected chi connectivity index (χ0v) is 18.3. The Balaban J connectivity index is 2.26. The fourth-order valence-electron chi connectivity index (χ4n) is 3.73. The van der Waals surface area contributed by atoms with Crippen LogP contribution in [0.25, 0.3) is 0 Å². The van der Waals surface area contributed by atoms with Crippen molar-refractivity contribution < 1.29 is 13.3 Å². The summed E-state index contributed by atoms with van der Waals surface area (Å²) in [7, 11) is 0.222. The number of nitrogens with zero attached hydrogens (tertiary/aromatic N) is 3. The van der Waals surface area contributed by atoms with Crippen molar-refractivity contribution in [3.63, 3.8) is 0 Å². The molecule has 1 aromatic carbocycles. The normalized spacial score (nSPS) is 19.0. The summed E-state index contributed by atoms with van der Waals surface area (Å²) in [6.07, 6.45) is 1.81. The Morgan fingerprint density at radius 2 is 2.04 bits per heavy atom. The predicted molar refractivity (Wildman–Crippen MR) is 111 cm³/mol. The lowest BCUT2D eigenvalue weighted by atomic mass is 9.93. The monoisotopic (exact) mass is 412 g/mol. The SMILES string of the molecule is C[C@@H]1CCCN(S(=O)(=O)c2ccc(NCC(C)(C)CN(C)C)c([N+](=O)[O-])c2)C1. The molecule has 0 amide bonds. The van der Waals surface area contributed by atoms with Gasteiger partial charge in [0.15, 0.2) is 0 Å². The van der Waals surface area contributed by atoms with Crippen LogP contribution in [-0.4, -0.2) is 62.8 Å². The lowest BCUT2D eigenvalue weighted by Crippen LogP contribution is -2.39. The highest BCUT2D eigenvalue weighted by Gasteiger charge is 2.31. The highest BCUT2D eigenvalue weighted by molar-refractivity contribution is 7.89. The molecular formula is C19H32N4O4S. The predicted octanol–water partition coefficient (Wildman–Crippen LogP) is 3.02. The second kappa shape index (κ2) is 8.75. The fraction of sp³-hybridized carbons (Fsp3) is 0.684. The number of nitro benzene ring substituents is 1. The summed E-state index contributed by atoms with van der Waals surface area (Å²) in [6.45, 7) is 8.42. The van der Waals surface area contributed by atoms with E-state index in [2.05, 4.69) is 24.1 Å². The highest BCUT2D eigenvalue weighted by Crippen LogP contribution is 2.31. The van der Waals surface area contributed by atoms with Gasteiger partial charge in [-0.3, -0.25) is 10.1 Å². The molecule has 1 aromatic rings. The van der Waals surface area contributed by atoms with Crippen LogP contribution in [0.2, 0.25) is 0 Å². The average Bonchev–Trinajstić information content (AvgIpc) is 2.58. The molecular weight excluding hydrogens is 380 g/mol. The Labute approximate surface area is 168 Å². The quantitative estimate of drug-likeness (QED) is 0.521. The van der Waals surface area contributed by atoms with Gasteiger partial charge in [-0.2, -0.15) is 4.31 Å². The molecule has 0 spiro atoms. The van der Waals surface area contributed by atoms with Gasteiger partial charge >= 0.3 is 0 Å². The largest absolute Gasteiger partial charge is 0.379 e. The first-order valence-electron chi connectivity index (χ1n) is 9.59. The third-order valence-corrected chi connectivity index (χ3v) is 6.79. The molecule has 0 unspecified atom stereocenters. The van der Waals surface area contributed by atoms with Crippen molar-refractivity contribution in [3.8, 4) is 0 Å². The van der Waals surface area contributed by atoms with Crippen LogP contribution >= 0.6 is 0 Å². The Morgan fingerprint density at radius 3 is 2.61 bits per heavy atom. The number of hydrogen-bond acceptors (Lipinski definition) is 6. The van der Waals surface area contributed by atoms with Crippen molar-refractivity contribution in [2.75, 3.05) is 45.6 Å². The van der Waals surface area contributed by atoms with Gasteiger partial charge in [-0.05, 0) is 50.4 Å². The van der Waals surface area contributed by atoms with E-state index in [0.29, 0.717) is 31.2 Å². The average molecular weight is 413 g/mol. The van der Waals surface area contributed by atoms with E-state index in [1.54, 1.807) is 0 Å². The third kappa shape index (κ3) is 5.65. The van der Waals surface area contributed by atoms with Gasteiger partial charge in [0.25, 0.3) is 5.69 Å². The number of hydrogen-bond donors (Lipinski definition) is 1. The summed E-state index contributed by atoms with van der Waals surface area (Å²) in [5, 5.41) is 14.7. The lowest BCUT2D eigenvalue weighted by Gasteiger charge is -2.30. The first-order valence-corrected chi connectivity index (χ1v) is 11.0. The Hall–Kier alpha value is -1.71. The molecule has 2 rings (SSSR count). The highest BCUT2D eigenvalue weighted by atomic mass is 32.2. The van der Waals surface area contributed by atoms with E-state index >= 15 is 0 Å². The van der Waals surface area contributed by atoms with Gasteiger partial charge < -0.3 is 10.2 Å². The number of nitro groups is 1. The molecule has 1 fully saturated rings. The molecule has 1 atom stereocenters. The molecule has 1 saturated heterocycles. The van der Waals surface area contributed by atoms with E-state index < -0.39 is 14.9 Å². The molecule has 0 aromatic heterocycles. The second-order valence-electron chi connectivity index (χ2n) is 8.80. The maximum atomic E-state index is 12.9. The van der Waals surface area contributed by atoms with E-state index in [-0.39, 0.29) is 16.0 Å². The van der Waals surface area contributed by atoms with E-state index in [4.69, 9.17) is 0 Å². The molecule has 0 bridgehead atoms. The summed E-state index contributed by atoms with van der Waals surface area (Å²) in [5.74, 6) is 0.290. The Bertz CT molecular complexity index is 808. The fourth-order valence-corrected chi connectivity index (χ4v) is 5.35. The molecule has 0 aliphatic carbocycles. The maximum Gasteiger partial charge on any atom is 0.293 e. The molecule has 1 aliphatic heterocycles. The Kier molecular flexibility index (Phi) is 7.06. The van der Waals surface area contributed by atoms with E-state index in [1.165, 1.54) is 22.5 Å². The van der Waals surface area contributed by atoms with Gasteiger partial charge in [0.2, 0.25) is 10.0 Å². The number of anilines is 1. The summed E-state index contributed by atoms with van der Waals surface area (Å²) in [6, 6.07) is 4.14. The number of nitrogens with one attached hydrogen (secondary N) is 1. The van der Waals surface area contributed by atoms with E-state index in [0.717, 1.165) is 19.4 Å². The first kappa shape index (κ1) is 22.6. The van der Waals surface area contributed by atoms with Crippen LogP contribution in [0, 0.1) is 21.4 Å². The van der Waals surface area contributed by atoms with Gasteiger partial charge in [0.1, 0.15) is 5.69 Å². The number of sulfonamides is 1. The zero-order valence-electron chi connectivity index (χ0n) is 17.4. The number of piperidine rings is 1. The molecule has 1 heterocycles. The van der Waals surface area contributed by atoms with Crippen molar-refractivity contribution in [3.05, 3.63) is 28.3 Å². The molecule has 1 N–H and O–H groups in total. The summed E-state index contributed by atoms with van der Waals surface area (Å²) < 4.78 is 27.3. The Morgan fingerprint density at radius 1 is 1.36 bits per heavy atom. The second-order valence-corrected chi connectivity index (χ2v) is 10.7. The van der Waals surface area contributed by atoms with Crippen LogP contribution in [0.3, 0.4) is 0 Å². The first-order chi connectivity index (χ1) is 12.9. The van der Waals surface area contributed by atoms with Crippen LogP contribution in [-0.2, 0) is 10.0 Å². The molecule has 28 heavy (non-hydrogen) atoms. The molecule has 158 valence electrons. The van der Waals surface area contributed by atoms with Crippen molar-refractivity contribution >= 4 is 21.4 Å². The van der Waals surface area contributed by atoms with E-state index in [9.17, 15) is 18.5 Å². The van der Waals surface area contributed by atoms with Gasteiger partial charge in [-0.15, -0.1) is 0 Å². The third-order valence-electron chi connectivity index (χ3n) is 4.93. The molecule has 0 saturated carbocycles. The molecule has 1 aliphatic rings. The van der Waals surface area contributed by atoms with E-state index in [1.807, 2.05) is 21.0 Å². The van der Waals surface area contributed by atoms with Gasteiger partial charge in [-0.25, -0.2) is 8.42 Å². The maximum absolute atomic E-state index is 12.9. The van der Waals surface area contributed by atoms with Crippen LogP contribution in [0.4, 0.5) is 11.4 Å². The van der Waals surface area contributed by atoms with Crippen LogP contribution in [0.5, 0.6) is 0 Å². The minimum Gasteiger partial charge on any atom is -0.379 e. The van der Waals surface area contributed by atoms with Crippen molar-refractivity contribution in [2.45, 2.75) is 38.5 Å². The molecule has 0 radical (unpaired) electrons. The smallest absolute Gasteiger partial charge is 0.293 e. The van der Waals surface area contributed by atoms with Crippen LogP contribution in [0.15, 0.2) is 23.1 Å². The van der Waals surface area contributed by atoms with Crippen LogP contribution < -0.4 is 5.32 Å². The standard InChI is InChI=1S/C19H32N4O4S/c1-15-7-6-10-22(12-15)28(26,27)16-8-9-17(18(11-16)23(24)25)20-13-19(2,3)14-21(4)5/h8-9,11,15,20H,6-7,10,12-14H2,1-5H3/t15-/m1/s1. The topological polar surface area (TPSA) is 95.8 Å². The molecule has 8 nitrogen and oxygen atoms in total. The van der Waals surface area contributed by atoms with Gasteiger partial charge in [0, 0.05) is 32.2 Å². The van der Waals surface area contributed by atoms with Crippen LogP contribution in [0.1, 0.15) is 33.6 Å². The van der Waals surface area contributed by atoms with Crippen molar-refractivity contribution in [1.29, 1.82) is 0 Å². The zero-order chi connectivity index (χ0) is 21.1. The van der Waals surface area contributed by atoms with Gasteiger partial charge in [-0.1, -0.05) is 20.8 Å². The number of benzene rings is 1. The van der Waals surface area contributed by atoms with Crippen molar-refractivity contribution in [2.24, 2.45) is 11.3 Å². The lowest BCUT2D eigenvalue weighted by molar-refractivity contribution is -0.384. The van der Waals surface area contributed by atoms with Crippen molar-refractivity contribution in [1.82, 2.24) is 9.21 Å². The van der Waals surface area contributed by atoms with Gasteiger partial charge in [0.05, 0.1) is 9.82 Å². The minimum atomic E-state index is -3.73. The number of rotatable bonds is 8. The summed E-state index contributed by atoms with van der Waals surface area (Å²) in [4.78, 5) is 13.1. The molecule has 9 heteroatoms. The summed E-state index contributed by atoms with van der Waals surface area (Å²) in [5.41, 5.74) is 0.0149. The summed E-state index contributed by atoms with van der Waals surface area (Å²) >= 11 is 0.